The Morgan fingerprint density at radius 1 is 0.903 bits per heavy atom. The molecule has 0 spiro atoms. The smallest absolute Gasteiger partial charge is 0.339 e. The number of aromatic hydroxyl groups is 1. The highest BCUT2D eigenvalue weighted by Gasteiger charge is 2.42. The highest BCUT2D eigenvalue weighted by Crippen LogP contribution is 2.38. The van der Waals surface area contributed by atoms with Crippen LogP contribution in [0.1, 0.15) is 37.9 Å². The van der Waals surface area contributed by atoms with Crippen LogP contribution in [0.4, 0.5) is 0 Å². The molecule has 0 aromatic heterocycles. The van der Waals surface area contributed by atoms with E-state index in [-0.39, 0.29) is 11.1 Å². The average molecular weight is 456 g/mol. The van der Waals surface area contributed by atoms with Crippen molar-refractivity contribution in [2.24, 2.45) is 11.1 Å². The Balaban J connectivity index is 1.79. The number of oxime groups is 1. The Bertz CT molecular complexity index is 1190. The molecule has 1 aliphatic heterocycles. The van der Waals surface area contributed by atoms with Gasteiger partial charge in [0.05, 0.1) is 0 Å². The van der Waals surface area contributed by atoms with Gasteiger partial charge in [0.2, 0.25) is 0 Å². The lowest BCUT2D eigenvalue weighted by molar-refractivity contribution is 0.0533. The van der Waals surface area contributed by atoms with Crippen LogP contribution in [-0.4, -0.2) is 27.7 Å². The molecule has 0 bridgehead atoms. The zero-order valence-electron chi connectivity index (χ0n) is 15.8. The number of Topliss-reactive ketones (excluding diaryl/α,β-unsaturated/α-hetero) is 1. The molecule has 0 aliphatic carbocycles. The van der Waals surface area contributed by atoms with Gasteiger partial charge in [0.25, 0.3) is 0 Å². The predicted octanol–water partition coefficient (Wildman–Crippen LogP) is 5.37. The minimum Gasteiger partial charge on any atom is -0.507 e. The molecule has 6 nitrogen and oxygen atoms in total. The molecular weight excluding hydrogens is 441 g/mol. The lowest BCUT2D eigenvalue weighted by atomic mass is 9.83. The number of halogens is 2. The number of carboxylic acids is 1. The largest absolute Gasteiger partial charge is 0.507 e. The standard InChI is InChI=1S/C23H15Cl2NO5/c24-15-6-1-12(2-7-15)20-19(22(31-26-20)13-3-8-16(25)9-4-13)21(28)14-5-10-18(27)17(11-14)23(29)30/h1-11,19,22,27H,(H,29,30). The number of ketones is 1. The SMILES string of the molecule is O=C(O)c1cc(C(=O)C2C(c3ccc(Cl)cc3)=NOC2c2ccc(Cl)cc2)ccc1O. The molecule has 2 N–H and O–H groups in total. The lowest BCUT2D eigenvalue weighted by Crippen LogP contribution is -2.27. The Morgan fingerprint density at radius 2 is 1.52 bits per heavy atom. The highest BCUT2D eigenvalue weighted by molar-refractivity contribution is 6.31. The molecule has 4 rings (SSSR count). The predicted molar refractivity (Wildman–Crippen MR) is 116 cm³/mol. The summed E-state index contributed by atoms with van der Waals surface area (Å²) in [6.45, 7) is 0. The third kappa shape index (κ3) is 4.13. The summed E-state index contributed by atoms with van der Waals surface area (Å²) in [6.07, 6.45) is -0.738. The zero-order chi connectivity index (χ0) is 22.1. The van der Waals surface area contributed by atoms with E-state index >= 15 is 0 Å². The van der Waals surface area contributed by atoms with Crippen molar-refractivity contribution in [3.63, 3.8) is 0 Å². The van der Waals surface area contributed by atoms with Gasteiger partial charge in [-0.25, -0.2) is 4.79 Å². The molecule has 3 aromatic rings. The first-order valence-corrected chi connectivity index (χ1v) is 9.96. The van der Waals surface area contributed by atoms with Crippen molar-refractivity contribution in [3.8, 4) is 5.75 Å². The quantitative estimate of drug-likeness (QED) is 0.503. The fourth-order valence-electron chi connectivity index (χ4n) is 3.44. The van der Waals surface area contributed by atoms with E-state index in [4.69, 9.17) is 28.0 Å². The van der Waals surface area contributed by atoms with Gasteiger partial charge in [0.15, 0.2) is 11.9 Å². The first-order valence-electron chi connectivity index (χ1n) is 9.21. The highest BCUT2D eigenvalue weighted by atomic mass is 35.5. The van der Waals surface area contributed by atoms with Crippen LogP contribution in [0.3, 0.4) is 0 Å². The number of rotatable bonds is 5. The zero-order valence-corrected chi connectivity index (χ0v) is 17.3. The summed E-state index contributed by atoms with van der Waals surface area (Å²) in [6, 6.07) is 17.4. The summed E-state index contributed by atoms with van der Waals surface area (Å²) in [5.74, 6) is -3.01. The van der Waals surface area contributed by atoms with Crippen molar-refractivity contribution in [2.75, 3.05) is 0 Å². The van der Waals surface area contributed by atoms with Crippen molar-refractivity contribution in [1.29, 1.82) is 0 Å². The minimum atomic E-state index is -1.34. The van der Waals surface area contributed by atoms with E-state index in [0.717, 1.165) is 6.07 Å². The number of carboxylic acid groups (broad SMARTS) is 1. The van der Waals surface area contributed by atoms with E-state index in [1.54, 1.807) is 48.5 Å². The molecule has 156 valence electrons. The molecule has 8 heteroatoms. The molecule has 1 heterocycles. The van der Waals surface area contributed by atoms with Crippen molar-refractivity contribution in [2.45, 2.75) is 6.10 Å². The summed E-state index contributed by atoms with van der Waals surface area (Å²) in [7, 11) is 0. The van der Waals surface area contributed by atoms with E-state index in [9.17, 15) is 19.8 Å². The Kier molecular flexibility index (Phi) is 5.67. The fourth-order valence-corrected chi connectivity index (χ4v) is 3.69. The van der Waals surface area contributed by atoms with Crippen LogP contribution in [0.15, 0.2) is 71.9 Å². The molecule has 0 fully saturated rings. The summed E-state index contributed by atoms with van der Waals surface area (Å²) >= 11 is 12.0. The average Bonchev–Trinajstić information content (AvgIpc) is 3.19. The first kappa shape index (κ1) is 20.9. The number of hydrogen-bond acceptors (Lipinski definition) is 5. The topological polar surface area (TPSA) is 96.2 Å². The van der Waals surface area contributed by atoms with E-state index in [0.29, 0.717) is 26.9 Å². The van der Waals surface area contributed by atoms with Crippen LogP contribution in [0.2, 0.25) is 10.0 Å². The number of carbonyl (C=O) groups excluding carboxylic acids is 1. The molecule has 2 atom stereocenters. The summed E-state index contributed by atoms with van der Waals surface area (Å²) < 4.78 is 0. The van der Waals surface area contributed by atoms with E-state index in [2.05, 4.69) is 5.16 Å². The van der Waals surface area contributed by atoms with Gasteiger partial charge in [-0.2, -0.15) is 0 Å². The minimum absolute atomic E-state index is 0.117. The summed E-state index contributed by atoms with van der Waals surface area (Å²) in [4.78, 5) is 30.6. The molecule has 1 aliphatic rings. The molecule has 2 unspecified atom stereocenters. The number of phenols is 1. The van der Waals surface area contributed by atoms with Crippen molar-refractivity contribution >= 4 is 40.7 Å². The van der Waals surface area contributed by atoms with Crippen LogP contribution < -0.4 is 0 Å². The second-order valence-corrected chi connectivity index (χ2v) is 7.81. The van der Waals surface area contributed by atoms with Crippen molar-refractivity contribution in [3.05, 3.63) is 99.0 Å². The summed E-state index contributed by atoms with van der Waals surface area (Å²) in [5, 5.41) is 24.3. The molecule has 0 saturated heterocycles. The van der Waals surface area contributed by atoms with Crippen molar-refractivity contribution < 1.29 is 24.6 Å². The number of hydrogen-bond donors (Lipinski definition) is 2. The molecule has 0 radical (unpaired) electrons. The maximum Gasteiger partial charge on any atom is 0.339 e. The lowest BCUT2D eigenvalue weighted by Gasteiger charge is -2.19. The van der Waals surface area contributed by atoms with E-state index in [1.165, 1.54) is 12.1 Å². The molecular formula is C23H15Cl2NO5. The Hall–Kier alpha value is -3.35. The molecule has 31 heavy (non-hydrogen) atoms. The monoisotopic (exact) mass is 455 g/mol. The summed E-state index contributed by atoms with van der Waals surface area (Å²) in [5.41, 5.74) is 1.49. The van der Waals surface area contributed by atoms with Gasteiger partial charge in [-0.05, 0) is 48.0 Å². The van der Waals surface area contributed by atoms with Crippen LogP contribution in [0, 0.1) is 5.92 Å². The van der Waals surface area contributed by atoms with Crippen LogP contribution >= 0.6 is 23.2 Å². The van der Waals surface area contributed by atoms with Gasteiger partial charge in [0.1, 0.15) is 22.9 Å². The van der Waals surface area contributed by atoms with E-state index in [1.807, 2.05) is 0 Å². The van der Waals surface area contributed by atoms with Gasteiger partial charge in [0, 0.05) is 21.2 Å². The van der Waals surface area contributed by atoms with Gasteiger partial charge in [-0.1, -0.05) is 52.6 Å². The van der Waals surface area contributed by atoms with Crippen molar-refractivity contribution in [1.82, 2.24) is 0 Å². The third-order valence-electron chi connectivity index (χ3n) is 4.99. The number of benzene rings is 3. The maximum atomic E-state index is 13.5. The number of aromatic carboxylic acids is 1. The number of nitrogens with zero attached hydrogens (tertiary/aromatic N) is 1. The first-order chi connectivity index (χ1) is 14.8. The normalized spacial score (nSPS) is 17.7. The van der Waals surface area contributed by atoms with Gasteiger partial charge in [-0.15, -0.1) is 0 Å². The Labute approximate surface area is 187 Å². The maximum absolute atomic E-state index is 13.5. The van der Waals surface area contributed by atoms with E-state index < -0.39 is 29.5 Å². The molecule has 0 saturated carbocycles. The molecule has 0 amide bonds. The van der Waals surface area contributed by atoms with Crippen LogP contribution in [0.5, 0.6) is 5.75 Å². The van der Waals surface area contributed by atoms with Gasteiger partial charge < -0.3 is 15.1 Å². The Morgan fingerprint density at radius 3 is 2.13 bits per heavy atom. The van der Waals surface area contributed by atoms with Crippen LogP contribution in [0.25, 0.3) is 0 Å². The van der Waals surface area contributed by atoms with Gasteiger partial charge in [-0.3, -0.25) is 4.79 Å². The second kappa shape index (κ2) is 8.41. The van der Waals surface area contributed by atoms with Crippen LogP contribution in [-0.2, 0) is 4.84 Å². The third-order valence-corrected chi connectivity index (χ3v) is 5.50. The van der Waals surface area contributed by atoms with Gasteiger partial charge >= 0.3 is 5.97 Å². The second-order valence-electron chi connectivity index (χ2n) is 6.94. The number of carbonyl (C=O) groups is 2. The fraction of sp³-hybridized carbons (Fsp3) is 0.0870. The molecule has 3 aromatic carbocycles.